The molecule has 0 bridgehead atoms. The minimum Gasteiger partial charge on any atom is -0.166 e. The van der Waals surface area contributed by atoms with E-state index in [1.807, 2.05) is 12.1 Å². The van der Waals surface area contributed by atoms with Crippen LogP contribution in [0.5, 0.6) is 0 Å². The van der Waals surface area contributed by atoms with E-state index in [1.165, 1.54) is 12.1 Å². The van der Waals surface area contributed by atoms with Gasteiger partial charge in [0.2, 0.25) is 0 Å². The summed E-state index contributed by atoms with van der Waals surface area (Å²) in [4.78, 5) is 0. The van der Waals surface area contributed by atoms with Crippen LogP contribution in [0.4, 0.5) is 13.2 Å². The Hall–Kier alpha value is -1.95. The van der Waals surface area contributed by atoms with Gasteiger partial charge in [-0.25, -0.2) is 0 Å². The molecule has 5 heteroatoms. The van der Waals surface area contributed by atoms with Crippen molar-refractivity contribution in [1.29, 1.82) is 0 Å². The minimum absolute atomic E-state index is 0.498. The molecule has 2 aromatic carbocycles. The van der Waals surface area contributed by atoms with Gasteiger partial charge < -0.3 is 0 Å². The Morgan fingerprint density at radius 3 is 1.81 bits per heavy atom. The molecule has 0 aliphatic rings. The van der Waals surface area contributed by atoms with E-state index < -0.39 is 19.8 Å². The molecule has 0 fully saturated rings. The molecular weight excluding hydrogens is 477 g/mol. The van der Waals surface area contributed by atoms with E-state index in [9.17, 15) is 13.2 Å². The molecule has 31 heavy (non-hydrogen) atoms. The Morgan fingerprint density at radius 1 is 0.871 bits per heavy atom. The topological polar surface area (TPSA) is 0 Å². The summed E-state index contributed by atoms with van der Waals surface area (Å²) in [5.41, 5.74) is 7.25. The lowest BCUT2D eigenvalue weighted by Crippen LogP contribution is -2.43. The molecule has 164 valence electrons. The van der Waals surface area contributed by atoms with Crippen molar-refractivity contribution >= 4 is 24.0 Å². The van der Waals surface area contributed by atoms with E-state index in [-0.39, 0.29) is 0 Å². The molecule has 2 aromatic rings. The van der Waals surface area contributed by atoms with Gasteiger partial charge >= 0.3 is 6.18 Å². The molecule has 0 spiro atoms. The third-order valence-corrected chi connectivity index (χ3v) is 13.0. The normalized spacial score (nSPS) is 12.1. The predicted octanol–water partition coefficient (Wildman–Crippen LogP) is 8.69. The number of benzene rings is 2. The van der Waals surface area contributed by atoms with Crippen molar-refractivity contribution < 1.29 is 13.2 Å². The van der Waals surface area contributed by atoms with Crippen LogP contribution in [0.1, 0.15) is 58.2 Å². The van der Waals surface area contributed by atoms with Crippen molar-refractivity contribution in [3.63, 3.8) is 0 Å². The maximum absolute atomic E-state index is 12.9. The van der Waals surface area contributed by atoms with Crippen LogP contribution in [0.15, 0.2) is 40.9 Å². The van der Waals surface area contributed by atoms with Crippen LogP contribution in [0.3, 0.4) is 0 Å². The van der Waals surface area contributed by atoms with Gasteiger partial charge in [0.15, 0.2) is 0 Å². The Balaban J connectivity index is 2.64. The Labute approximate surface area is 193 Å². The Bertz CT molecular complexity index is 1010. The average Bonchev–Trinajstić information content (AvgIpc) is 2.67. The van der Waals surface area contributed by atoms with E-state index in [0.29, 0.717) is 33.3 Å². The van der Waals surface area contributed by atoms with Crippen LogP contribution in [-0.4, -0.2) is 8.07 Å². The van der Waals surface area contributed by atoms with Crippen LogP contribution in [0.25, 0.3) is 11.1 Å². The SMILES string of the molecule is C#Cc1cc(Br)c(C#C[Si](C(C)C)(C(C)C)C(C)C)cc1-c1ccc(C(F)(F)F)cc1. The summed E-state index contributed by atoms with van der Waals surface area (Å²) >= 11 is 3.58. The van der Waals surface area contributed by atoms with E-state index in [0.717, 1.165) is 22.2 Å². The predicted molar refractivity (Wildman–Crippen MR) is 130 cm³/mol. The number of rotatable bonds is 4. The highest BCUT2D eigenvalue weighted by Crippen LogP contribution is 2.41. The first kappa shape index (κ1) is 25.3. The second-order valence-corrected chi connectivity index (χ2v) is 15.2. The summed E-state index contributed by atoms with van der Waals surface area (Å²) < 4.78 is 39.6. The van der Waals surface area contributed by atoms with E-state index in [2.05, 4.69) is 74.9 Å². The third kappa shape index (κ3) is 5.28. The lowest BCUT2D eigenvalue weighted by molar-refractivity contribution is -0.137. The number of alkyl halides is 3. The zero-order valence-electron chi connectivity index (χ0n) is 18.8. The van der Waals surface area contributed by atoms with Gasteiger partial charge in [0, 0.05) is 15.6 Å². The maximum atomic E-state index is 12.9. The van der Waals surface area contributed by atoms with Crippen molar-refractivity contribution in [2.24, 2.45) is 0 Å². The maximum Gasteiger partial charge on any atom is 0.416 e. The molecule has 0 heterocycles. The Morgan fingerprint density at radius 2 is 1.39 bits per heavy atom. The van der Waals surface area contributed by atoms with Crippen LogP contribution < -0.4 is 0 Å². The summed E-state index contributed by atoms with van der Waals surface area (Å²) in [7, 11) is -1.93. The van der Waals surface area contributed by atoms with Crippen molar-refractivity contribution in [3.8, 4) is 34.9 Å². The van der Waals surface area contributed by atoms with Gasteiger partial charge in [-0.2, -0.15) is 13.2 Å². The summed E-state index contributed by atoms with van der Waals surface area (Å²) in [6.07, 6.45) is 1.32. The van der Waals surface area contributed by atoms with Crippen LogP contribution in [0.2, 0.25) is 16.6 Å². The molecule has 0 amide bonds. The summed E-state index contributed by atoms with van der Waals surface area (Å²) in [5, 5.41) is 0. The van der Waals surface area contributed by atoms with E-state index >= 15 is 0 Å². The zero-order valence-corrected chi connectivity index (χ0v) is 21.4. The quantitative estimate of drug-likeness (QED) is 0.288. The molecule has 0 aromatic heterocycles. The number of terminal acetylenes is 1. The first-order valence-corrected chi connectivity index (χ1v) is 13.4. The van der Waals surface area contributed by atoms with Crippen molar-refractivity contribution in [1.82, 2.24) is 0 Å². The second kappa shape index (κ2) is 9.68. The standard InChI is InChI=1S/C26H28BrF3Si/c1-8-20-16-25(27)22(13-14-31(17(2)3,18(4)5)19(6)7)15-24(20)21-9-11-23(12-10-21)26(28,29)30/h1,9-12,15-19H,2-7H3. The van der Waals surface area contributed by atoms with Crippen molar-refractivity contribution in [3.05, 3.63) is 57.6 Å². The second-order valence-electron chi connectivity index (χ2n) is 8.74. The van der Waals surface area contributed by atoms with Gasteiger partial charge in [-0.15, -0.1) is 12.0 Å². The highest BCUT2D eigenvalue weighted by atomic mass is 79.9. The zero-order chi connectivity index (χ0) is 23.6. The molecule has 0 atom stereocenters. The number of hydrogen-bond donors (Lipinski definition) is 0. The number of halogens is 4. The van der Waals surface area contributed by atoms with Gasteiger partial charge in [0.1, 0.15) is 8.07 Å². The highest BCUT2D eigenvalue weighted by molar-refractivity contribution is 9.10. The largest absolute Gasteiger partial charge is 0.416 e. The molecule has 0 aliphatic heterocycles. The molecule has 0 N–H and O–H groups in total. The smallest absolute Gasteiger partial charge is 0.166 e. The lowest BCUT2D eigenvalue weighted by atomic mass is 9.97. The molecule has 0 nitrogen and oxygen atoms in total. The summed E-state index contributed by atoms with van der Waals surface area (Å²) in [6, 6.07) is 8.78. The number of hydrogen-bond acceptors (Lipinski definition) is 0. The fourth-order valence-corrected chi connectivity index (χ4v) is 10.1. The van der Waals surface area contributed by atoms with Gasteiger partial charge in [0.25, 0.3) is 0 Å². The molecule has 0 saturated heterocycles. The molecule has 0 saturated carbocycles. The molecule has 0 radical (unpaired) electrons. The Kier molecular flexibility index (Phi) is 7.90. The third-order valence-electron chi connectivity index (χ3n) is 6.07. The van der Waals surface area contributed by atoms with E-state index in [1.54, 1.807) is 0 Å². The van der Waals surface area contributed by atoms with Gasteiger partial charge in [-0.05, 0) is 67.9 Å². The lowest BCUT2D eigenvalue weighted by Gasteiger charge is -2.38. The van der Waals surface area contributed by atoms with Gasteiger partial charge in [-0.1, -0.05) is 65.5 Å². The van der Waals surface area contributed by atoms with Gasteiger partial charge in [0.05, 0.1) is 5.56 Å². The minimum atomic E-state index is -4.37. The van der Waals surface area contributed by atoms with Gasteiger partial charge in [-0.3, -0.25) is 0 Å². The first-order valence-electron chi connectivity index (χ1n) is 10.4. The monoisotopic (exact) mass is 504 g/mol. The fourth-order valence-electron chi connectivity index (χ4n) is 4.47. The van der Waals surface area contributed by atoms with Crippen molar-refractivity contribution in [2.75, 3.05) is 0 Å². The fraction of sp³-hybridized carbons (Fsp3) is 0.385. The molecule has 0 aliphatic carbocycles. The summed E-state index contributed by atoms with van der Waals surface area (Å²) in [5.74, 6) is 6.05. The molecule has 2 rings (SSSR count). The van der Waals surface area contributed by atoms with Crippen LogP contribution in [-0.2, 0) is 6.18 Å². The molecule has 0 unspecified atom stereocenters. The summed E-state index contributed by atoms with van der Waals surface area (Å²) in [6.45, 7) is 13.5. The highest BCUT2D eigenvalue weighted by Gasteiger charge is 2.41. The first-order chi connectivity index (χ1) is 14.3. The van der Waals surface area contributed by atoms with E-state index in [4.69, 9.17) is 6.42 Å². The van der Waals surface area contributed by atoms with Crippen molar-refractivity contribution in [2.45, 2.75) is 64.3 Å². The van der Waals surface area contributed by atoms with Crippen LogP contribution in [0, 0.1) is 23.8 Å². The van der Waals surface area contributed by atoms with Crippen LogP contribution >= 0.6 is 15.9 Å². The molecular formula is C26H28BrF3Si. The average molecular weight is 505 g/mol.